The lowest BCUT2D eigenvalue weighted by Crippen LogP contribution is -2.40. The van der Waals surface area contributed by atoms with Crippen molar-refractivity contribution in [2.75, 3.05) is 20.2 Å². The Bertz CT molecular complexity index is 1200. The van der Waals surface area contributed by atoms with E-state index in [1.165, 1.54) is 30.5 Å². The number of hydrogen-bond acceptors (Lipinski definition) is 5. The van der Waals surface area contributed by atoms with Gasteiger partial charge in [0, 0.05) is 11.6 Å². The van der Waals surface area contributed by atoms with Crippen LogP contribution in [0.25, 0.3) is 0 Å². The van der Waals surface area contributed by atoms with Crippen LogP contribution in [-0.4, -0.2) is 45.0 Å². The normalized spacial score (nSPS) is 11.6. The summed E-state index contributed by atoms with van der Waals surface area (Å²) in [5, 5.41) is 4.36. The second-order valence-corrected chi connectivity index (χ2v) is 9.47. The first-order valence-corrected chi connectivity index (χ1v) is 12.0. The highest BCUT2D eigenvalue weighted by molar-refractivity contribution is 7.89. The monoisotopic (exact) mass is 485 g/mol. The summed E-state index contributed by atoms with van der Waals surface area (Å²) in [4.78, 5) is 12.6. The van der Waals surface area contributed by atoms with Gasteiger partial charge in [-0.15, -0.1) is 0 Å². The molecule has 0 radical (unpaired) electrons. The van der Waals surface area contributed by atoms with Gasteiger partial charge in [0.1, 0.15) is 5.75 Å². The summed E-state index contributed by atoms with van der Waals surface area (Å²) >= 11 is 5.90. The second kappa shape index (κ2) is 11.6. The van der Waals surface area contributed by atoms with E-state index in [-0.39, 0.29) is 18.0 Å². The Labute approximate surface area is 198 Å². The zero-order chi connectivity index (χ0) is 23.7. The van der Waals surface area contributed by atoms with Crippen LogP contribution in [0.15, 0.2) is 88.9 Å². The Morgan fingerprint density at radius 3 is 2.48 bits per heavy atom. The van der Waals surface area contributed by atoms with Crippen LogP contribution in [0.1, 0.15) is 11.1 Å². The average Bonchev–Trinajstić information content (AvgIpc) is 2.82. The highest BCUT2D eigenvalue weighted by atomic mass is 35.5. The number of nitrogens with zero attached hydrogens (tertiary/aromatic N) is 2. The van der Waals surface area contributed by atoms with Crippen molar-refractivity contribution < 1.29 is 17.9 Å². The Kier molecular flexibility index (Phi) is 8.59. The van der Waals surface area contributed by atoms with Crippen molar-refractivity contribution in [1.29, 1.82) is 0 Å². The predicted molar refractivity (Wildman–Crippen MR) is 129 cm³/mol. The summed E-state index contributed by atoms with van der Waals surface area (Å²) in [6, 6.07) is 22.5. The maximum Gasteiger partial charge on any atom is 0.255 e. The molecule has 0 atom stereocenters. The van der Waals surface area contributed by atoms with E-state index in [9.17, 15) is 13.2 Å². The van der Waals surface area contributed by atoms with E-state index in [4.69, 9.17) is 16.3 Å². The first-order valence-electron chi connectivity index (χ1n) is 10.1. The van der Waals surface area contributed by atoms with Gasteiger partial charge < -0.3 is 4.74 Å². The van der Waals surface area contributed by atoms with Crippen molar-refractivity contribution >= 4 is 33.7 Å². The maximum absolute atomic E-state index is 13.2. The molecule has 1 amide bonds. The lowest BCUT2D eigenvalue weighted by atomic mass is 10.1. The molecule has 3 rings (SSSR count). The number of amides is 1. The van der Waals surface area contributed by atoms with E-state index in [1.807, 2.05) is 30.3 Å². The van der Waals surface area contributed by atoms with Crippen LogP contribution >= 0.6 is 11.6 Å². The van der Waals surface area contributed by atoms with Crippen LogP contribution in [0.3, 0.4) is 0 Å². The lowest BCUT2D eigenvalue weighted by molar-refractivity contribution is -0.121. The first-order chi connectivity index (χ1) is 15.9. The van der Waals surface area contributed by atoms with E-state index >= 15 is 0 Å². The van der Waals surface area contributed by atoms with E-state index in [0.717, 1.165) is 15.4 Å². The molecule has 172 valence electrons. The zero-order valence-electron chi connectivity index (χ0n) is 18.0. The van der Waals surface area contributed by atoms with Crippen molar-refractivity contribution in [1.82, 2.24) is 9.73 Å². The number of carbonyl (C=O) groups is 1. The fourth-order valence-electron chi connectivity index (χ4n) is 3.03. The maximum atomic E-state index is 13.2. The number of carbonyl (C=O) groups excluding carboxylic acids is 1. The van der Waals surface area contributed by atoms with Gasteiger partial charge in [-0.1, -0.05) is 54.1 Å². The summed E-state index contributed by atoms with van der Waals surface area (Å²) in [5.74, 6) is 0.103. The van der Waals surface area contributed by atoms with Crippen LogP contribution in [-0.2, 0) is 21.2 Å². The molecule has 3 aromatic carbocycles. The molecular weight excluding hydrogens is 462 g/mol. The number of rotatable bonds is 10. The van der Waals surface area contributed by atoms with Crippen molar-refractivity contribution in [3.8, 4) is 5.75 Å². The van der Waals surface area contributed by atoms with Crippen LogP contribution in [0, 0.1) is 0 Å². The number of hydrogen-bond donors (Lipinski definition) is 1. The Balaban J connectivity index is 1.73. The molecule has 0 bridgehead atoms. The topological polar surface area (TPSA) is 88.1 Å². The molecule has 1 N–H and O–H groups in total. The summed E-state index contributed by atoms with van der Waals surface area (Å²) in [6.07, 6.45) is 1.91. The van der Waals surface area contributed by atoms with Gasteiger partial charge in [-0.05, 0) is 53.9 Å². The van der Waals surface area contributed by atoms with Gasteiger partial charge in [-0.25, -0.2) is 13.8 Å². The third-order valence-electron chi connectivity index (χ3n) is 4.76. The lowest BCUT2D eigenvalue weighted by Gasteiger charge is -2.21. The molecular formula is C24H24ClN3O4S. The van der Waals surface area contributed by atoms with Crippen molar-refractivity contribution in [3.05, 3.63) is 95.0 Å². The molecule has 0 aliphatic carbocycles. The largest absolute Gasteiger partial charge is 0.497 e. The third kappa shape index (κ3) is 7.15. The number of nitrogens with one attached hydrogen (secondary N) is 1. The molecule has 0 heterocycles. The van der Waals surface area contributed by atoms with Crippen LogP contribution in [0.5, 0.6) is 5.75 Å². The van der Waals surface area contributed by atoms with E-state index in [2.05, 4.69) is 10.5 Å². The molecule has 9 heteroatoms. The molecule has 0 aromatic heterocycles. The van der Waals surface area contributed by atoms with Crippen LogP contribution in [0.2, 0.25) is 5.02 Å². The third-order valence-corrected chi connectivity index (χ3v) is 6.87. The minimum atomic E-state index is -3.92. The molecule has 33 heavy (non-hydrogen) atoms. The number of sulfonamides is 1. The minimum Gasteiger partial charge on any atom is -0.497 e. The SMILES string of the molecule is COc1cccc(/C=N\NC(=O)CN(CCc2ccccc2)S(=O)(=O)c2ccc(Cl)cc2)c1. The molecule has 0 saturated heterocycles. The van der Waals surface area contributed by atoms with E-state index in [0.29, 0.717) is 17.2 Å². The molecule has 0 unspecified atom stereocenters. The summed E-state index contributed by atoms with van der Waals surface area (Å²) in [7, 11) is -2.37. The van der Waals surface area contributed by atoms with Gasteiger partial charge in [0.15, 0.2) is 0 Å². The predicted octanol–water partition coefficient (Wildman–Crippen LogP) is 3.73. The van der Waals surface area contributed by atoms with Crippen molar-refractivity contribution in [2.45, 2.75) is 11.3 Å². The number of halogens is 1. The molecule has 0 saturated carbocycles. The molecule has 0 fully saturated rings. The van der Waals surface area contributed by atoms with Gasteiger partial charge in [0.25, 0.3) is 5.91 Å². The van der Waals surface area contributed by atoms with Crippen LogP contribution < -0.4 is 10.2 Å². The Morgan fingerprint density at radius 1 is 1.06 bits per heavy atom. The summed E-state index contributed by atoms with van der Waals surface area (Å²) < 4.78 is 32.7. The fraction of sp³-hybridized carbons (Fsp3) is 0.167. The standard InChI is InChI=1S/C24H24ClN3O4S/c1-32-22-9-5-8-20(16-22)17-26-27-24(29)18-28(15-14-19-6-3-2-4-7-19)33(30,31)23-12-10-21(25)11-13-23/h2-13,16-17H,14-15,18H2,1H3,(H,27,29)/b26-17-. The number of hydrazone groups is 1. The highest BCUT2D eigenvalue weighted by Gasteiger charge is 2.26. The number of methoxy groups -OCH3 is 1. The minimum absolute atomic E-state index is 0.0626. The molecule has 3 aromatic rings. The van der Waals surface area contributed by atoms with Crippen LogP contribution in [0.4, 0.5) is 0 Å². The van der Waals surface area contributed by atoms with Gasteiger partial charge in [-0.3, -0.25) is 4.79 Å². The molecule has 7 nitrogen and oxygen atoms in total. The molecule has 0 aliphatic heterocycles. The fourth-order valence-corrected chi connectivity index (χ4v) is 4.56. The Hall–Kier alpha value is -3.20. The van der Waals surface area contributed by atoms with Gasteiger partial charge in [-0.2, -0.15) is 9.41 Å². The molecule has 0 aliphatic rings. The van der Waals surface area contributed by atoms with Crippen molar-refractivity contribution in [3.63, 3.8) is 0 Å². The quantitative estimate of drug-likeness (QED) is 0.350. The summed E-state index contributed by atoms with van der Waals surface area (Å²) in [5.41, 5.74) is 4.08. The highest BCUT2D eigenvalue weighted by Crippen LogP contribution is 2.19. The first kappa shape index (κ1) is 24.4. The van der Waals surface area contributed by atoms with Gasteiger partial charge in [0.05, 0.1) is 24.8 Å². The second-order valence-electron chi connectivity index (χ2n) is 7.10. The summed E-state index contributed by atoms with van der Waals surface area (Å²) in [6.45, 7) is -0.255. The average molecular weight is 486 g/mol. The Morgan fingerprint density at radius 2 is 1.79 bits per heavy atom. The zero-order valence-corrected chi connectivity index (χ0v) is 19.6. The van der Waals surface area contributed by atoms with E-state index < -0.39 is 15.9 Å². The van der Waals surface area contributed by atoms with Gasteiger partial charge >= 0.3 is 0 Å². The smallest absolute Gasteiger partial charge is 0.255 e. The van der Waals surface area contributed by atoms with Crippen molar-refractivity contribution in [2.24, 2.45) is 5.10 Å². The van der Waals surface area contributed by atoms with E-state index in [1.54, 1.807) is 31.4 Å². The van der Waals surface area contributed by atoms with Gasteiger partial charge in [0.2, 0.25) is 10.0 Å². The number of ether oxygens (including phenoxy) is 1. The number of benzene rings is 3. The molecule has 0 spiro atoms.